The Morgan fingerprint density at radius 3 is 2.47 bits per heavy atom. The van der Waals surface area contributed by atoms with Crippen molar-refractivity contribution in [1.82, 2.24) is 29.3 Å². The zero-order valence-electron chi connectivity index (χ0n) is 20.1. The monoisotopic (exact) mass is 510 g/mol. The molecule has 0 bridgehead atoms. The van der Waals surface area contributed by atoms with Crippen molar-refractivity contribution in [2.75, 3.05) is 32.7 Å². The third kappa shape index (κ3) is 5.72. The van der Waals surface area contributed by atoms with Gasteiger partial charge in [0, 0.05) is 50.4 Å². The summed E-state index contributed by atoms with van der Waals surface area (Å²) in [6, 6.07) is -0.0111. The van der Waals surface area contributed by atoms with Gasteiger partial charge in [-0.1, -0.05) is 13.8 Å². The minimum absolute atomic E-state index is 0.0111. The number of piperazine rings is 1. The number of carbonyl (C=O) groups excluding carboxylic acids is 2. The molecule has 196 valence electrons. The van der Waals surface area contributed by atoms with Crippen molar-refractivity contribution < 1.29 is 27.9 Å². The van der Waals surface area contributed by atoms with E-state index in [1.807, 2.05) is 13.8 Å². The Kier molecular flexibility index (Phi) is 7.12. The summed E-state index contributed by atoms with van der Waals surface area (Å²) < 4.78 is 40.2. The molecule has 2 amide bonds. The number of rotatable bonds is 7. The number of amides is 2. The number of halogens is 3. The van der Waals surface area contributed by atoms with E-state index in [0.717, 1.165) is 17.4 Å². The maximum atomic E-state index is 13.3. The number of aromatic nitrogens is 3. The Morgan fingerprint density at radius 1 is 1.22 bits per heavy atom. The fourth-order valence-electron chi connectivity index (χ4n) is 4.19. The summed E-state index contributed by atoms with van der Waals surface area (Å²) in [4.78, 5) is 41.3. The molecule has 2 N–H and O–H groups in total. The fourth-order valence-corrected chi connectivity index (χ4v) is 4.19. The molecule has 1 saturated carbocycles. The van der Waals surface area contributed by atoms with E-state index in [2.05, 4.69) is 10.4 Å². The van der Waals surface area contributed by atoms with E-state index in [4.69, 9.17) is 0 Å². The van der Waals surface area contributed by atoms with E-state index in [1.54, 1.807) is 0 Å². The fraction of sp³-hybridized carbons (Fsp3) is 0.565. The van der Waals surface area contributed by atoms with E-state index in [0.29, 0.717) is 5.56 Å². The van der Waals surface area contributed by atoms with Crippen LogP contribution in [0.2, 0.25) is 0 Å². The predicted octanol–water partition coefficient (Wildman–Crippen LogP) is 1.47. The van der Waals surface area contributed by atoms with Crippen molar-refractivity contribution in [3.63, 3.8) is 0 Å². The second kappa shape index (κ2) is 9.96. The minimum Gasteiger partial charge on any atom is -0.492 e. The van der Waals surface area contributed by atoms with Gasteiger partial charge in [0.1, 0.15) is 5.65 Å². The highest BCUT2D eigenvalue weighted by Crippen LogP contribution is 2.24. The zero-order chi connectivity index (χ0) is 26.2. The van der Waals surface area contributed by atoms with Gasteiger partial charge in [-0.25, -0.2) is 0 Å². The molecule has 0 atom stereocenters. The largest absolute Gasteiger partial charge is 0.492 e. The third-order valence-corrected chi connectivity index (χ3v) is 6.09. The van der Waals surface area contributed by atoms with Gasteiger partial charge < -0.3 is 15.3 Å². The van der Waals surface area contributed by atoms with Gasteiger partial charge in [-0.3, -0.25) is 23.9 Å². The van der Waals surface area contributed by atoms with Crippen molar-refractivity contribution in [3.05, 3.63) is 33.8 Å². The molecule has 10 nitrogen and oxygen atoms in total. The van der Waals surface area contributed by atoms with Crippen LogP contribution in [-0.4, -0.2) is 85.8 Å². The molecule has 1 aliphatic heterocycles. The Labute approximate surface area is 205 Å². The molecule has 36 heavy (non-hydrogen) atoms. The molecule has 2 fully saturated rings. The van der Waals surface area contributed by atoms with Gasteiger partial charge in [0.05, 0.1) is 12.7 Å². The molecule has 2 aromatic heterocycles. The highest BCUT2D eigenvalue weighted by Gasteiger charge is 2.33. The molecule has 0 aromatic carbocycles. The molecular formula is C23H29F3N6O4. The van der Waals surface area contributed by atoms with Crippen molar-refractivity contribution in [2.45, 2.75) is 45.5 Å². The molecule has 1 aliphatic carbocycles. The number of aromatic hydroxyl groups is 1. The highest BCUT2D eigenvalue weighted by molar-refractivity contribution is 5.97. The van der Waals surface area contributed by atoms with Gasteiger partial charge in [0.2, 0.25) is 11.8 Å². The van der Waals surface area contributed by atoms with E-state index >= 15 is 0 Å². The third-order valence-electron chi connectivity index (χ3n) is 6.09. The molecule has 0 unspecified atom stereocenters. The van der Waals surface area contributed by atoms with Crippen LogP contribution < -0.4 is 10.9 Å². The maximum absolute atomic E-state index is 13.3. The van der Waals surface area contributed by atoms with E-state index in [1.165, 1.54) is 32.7 Å². The lowest BCUT2D eigenvalue weighted by Crippen LogP contribution is -2.50. The van der Waals surface area contributed by atoms with E-state index < -0.39 is 30.1 Å². The van der Waals surface area contributed by atoms with Crippen LogP contribution in [0.5, 0.6) is 5.88 Å². The second-order valence-corrected chi connectivity index (χ2v) is 9.64. The first-order valence-electron chi connectivity index (χ1n) is 11.8. The average molecular weight is 511 g/mol. The van der Waals surface area contributed by atoms with Crippen LogP contribution in [0, 0.1) is 5.92 Å². The van der Waals surface area contributed by atoms with Crippen molar-refractivity contribution >= 4 is 23.5 Å². The molecule has 4 rings (SSSR count). The second-order valence-electron chi connectivity index (χ2n) is 9.64. The molecule has 13 heteroatoms. The number of nitrogens with zero attached hydrogens (tertiary/aromatic N) is 5. The number of hydrogen-bond acceptors (Lipinski definition) is 6. The van der Waals surface area contributed by atoms with Crippen LogP contribution >= 0.6 is 0 Å². The summed E-state index contributed by atoms with van der Waals surface area (Å²) in [5, 5.41) is 17.6. The molecule has 3 heterocycles. The van der Waals surface area contributed by atoms with Gasteiger partial charge in [-0.2, -0.15) is 22.8 Å². The molecule has 2 aromatic rings. The summed E-state index contributed by atoms with van der Waals surface area (Å²) in [5.74, 6) is -1.60. The van der Waals surface area contributed by atoms with Crippen LogP contribution in [0.25, 0.3) is 11.7 Å². The summed E-state index contributed by atoms with van der Waals surface area (Å²) in [7, 11) is 0. The van der Waals surface area contributed by atoms with Gasteiger partial charge in [-0.05, 0) is 24.8 Å². The lowest BCUT2D eigenvalue weighted by molar-refractivity contribution is -0.150. The normalized spacial score (nSPS) is 17.4. The van der Waals surface area contributed by atoms with Crippen LogP contribution in [0.15, 0.2) is 17.1 Å². The summed E-state index contributed by atoms with van der Waals surface area (Å²) in [6.07, 6.45) is 1.44. The summed E-state index contributed by atoms with van der Waals surface area (Å²) in [6.45, 7) is 3.57. The number of nitrogens with one attached hydrogen (secondary N) is 1. The van der Waals surface area contributed by atoms with Crippen LogP contribution in [0.4, 0.5) is 13.2 Å². The first kappa shape index (κ1) is 25.7. The van der Waals surface area contributed by atoms with Gasteiger partial charge >= 0.3 is 6.18 Å². The minimum atomic E-state index is -4.29. The highest BCUT2D eigenvalue weighted by atomic mass is 19.4. The quantitative estimate of drug-likeness (QED) is 0.546. The van der Waals surface area contributed by atoms with Gasteiger partial charge in [0.15, 0.2) is 5.56 Å². The average Bonchev–Trinajstić information content (AvgIpc) is 3.49. The first-order chi connectivity index (χ1) is 16.9. The number of hydrogen-bond donors (Lipinski definition) is 2. The van der Waals surface area contributed by atoms with Crippen molar-refractivity contribution in [1.29, 1.82) is 0 Å². The number of fused-ring (bicyclic) bond motifs is 1. The molecule has 1 saturated heterocycles. The Balaban J connectivity index is 1.59. The maximum Gasteiger partial charge on any atom is 0.401 e. The molecule has 0 radical (unpaired) electrons. The topological polar surface area (TPSA) is 112 Å². The molecule has 0 spiro atoms. The van der Waals surface area contributed by atoms with E-state index in [-0.39, 0.29) is 61.8 Å². The van der Waals surface area contributed by atoms with Crippen molar-refractivity contribution in [3.8, 4) is 5.88 Å². The standard InChI is InChI=1S/C23H29F3N6O4/c1-14(2)12-31-20-15(3-6-17(33)30-9-7-29(8-10-30)13-23(24,25)26)11-27-32(20)22(36)18(21(31)35)19(34)28-16-4-5-16/h3,6,11,14,16,36H,4-5,7-10,12-13H2,1-2H3,(H,28,34)/b6-3+. The summed E-state index contributed by atoms with van der Waals surface area (Å²) >= 11 is 0. The SMILES string of the molecule is CC(C)Cn1c(=O)c(C(=O)NC2CC2)c(O)n2ncc(/C=C/C(=O)N3CCN(CC(F)(F)F)CC3)c12. The molecular weight excluding hydrogens is 481 g/mol. The van der Waals surface area contributed by atoms with Crippen LogP contribution in [0.1, 0.15) is 42.6 Å². The lowest BCUT2D eigenvalue weighted by atomic mass is 10.2. The first-order valence-corrected chi connectivity index (χ1v) is 11.8. The Morgan fingerprint density at radius 2 is 1.89 bits per heavy atom. The van der Waals surface area contributed by atoms with Gasteiger partial charge in [0.25, 0.3) is 11.5 Å². The zero-order valence-corrected chi connectivity index (χ0v) is 20.1. The van der Waals surface area contributed by atoms with Gasteiger partial charge in [-0.15, -0.1) is 0 Å². The Bertz CT molecular complexity index is 1240. The lowest BCUT2D eigenvalue weighted by Gasteiger charge is -2.34. The smallest absolute Gasteiger partial charge is 0.401 e. The number of carbonyl (C=O) groups is 2. The van der Waals surface area contributed by atoms with Crippen molar-refractivity contribution in [2.24, 2.45) is 5.92 Å². The van der Waals surface area contributed by atoms with Crippen LogP contribution in [-0.2, 0) is 11.3 Å². The predicted molar refractivity (Wildman–Crippen MR) is 125 cm³/mol. The summed E-state index contributed by atoms with van der Waals surface area (Å²) in [5.41, 5.74) is -0.440. The Hall–Kier alpha value is -3.35. The van der Waals surface area contributed by atoms with E-state index in [9.17, 15) is 32.7 Å². The van der Waals surface area contributed by atoms with Crippen LogP contribution in [0.3, 0.4) is 0 Å². The molecule has 2 aliphatic rings. The number of alkyl halides is 3.